The number of urea groups is 1. The number of hydrogen-bond acceptors (Lipinski definition) is 4. The standard InChI is InChI=1S/C18H20N4O2/c23-17(21-16-19-9-4-10-20-16)22-13-18(7-11-24-12-8-18)15(22)14-5-2-1-3-6-14/h1-6,9-10,15H,7-8,11-13H2,(H,19,20,21,23). The Kier molecular flexibility index (Phi) is 3.90. The molecule has 3 heterocycles. The van der Waals surface area contributed by atoms with Gasteiger partial charge in [0.1, 0.15) is 0 Å². The number of aromatic nitrogens is 2. The molecule has 124 valence electrons. The molecule has 0 radical (unpaired) electrons. The zero-order chi connectivity index (χ0) is 16.4. The van der Waals surface area contributed by atoms with Crippen LogP contribution in [-0.4, -0.2) is 40.7 Å². The number of carbonyl (C=O) groups excluding carboxylic acids is 1. The highest BCUT2D eigenvalue weighted by Crippen LogP contribution is 2.54. The Morgan fingerprint density at radius 3 is 2.54 bits per heavy atom. The third-order valence-electron chi connectivity index (χ3n) is 5.03. The Labute approximate surface area is 140 Å². The maximum absolute atomic E-state index is 12.7. The molecule has 2 saturated heterocycles. The van der Waals surface area contributed by atoms with Crippen LogP contribution < -0.4 is 5.32 Å². The Morgan fingerprint density at radius 1 is 1.12 bits per heavy atom. The number of rotatable bonds is 2. The molecule has 0 aliphatic carbocycles. The van der Waals surface area contributed by atoms with Gasteiger partial charge >= 0.3 is 6.03 Å². The highest BCUT2D eigenvalue weighted by Gasteiger charge is 2.55. The monoisotopic (exact) mass is 324 g/mol. The smallest absolute Gasteiger partial charge is 0.324 e. The number of hydrogen-bond donors (Lipinski definition) is 1. The number of carbonyl (C=O) groups is 1. The van der Waals surface area contributed by atoms with Gasteiger partial charge in [-0.15, -0.1) is 0 Å². The number of nitrogens with zero attached hydrogens (tertiary/aromatic N) is 3. The van der Waals surface area contributed by atoms with Crippen LogP contribution in [0.15, 0.2) is 48.8 Å². The Hall–Kier alpha value is -2.47. The third-order valence-corrected chi connectivity index (χ3v) is 5.03. The largest absolute Gasteiger partial charge is 0.381 e. The van der Waals surface area contributed by atoms with Crippen molar-refractivity contribution in [3.63, 3.8) is 0 Å². The van der Waals surface area contributed by atoms with Gasteiger partial charge in [-0.1, -0.05) is 30.3 Å². The first-order chi connectivity index (χ1) is 11.8. The average Bonchev–Trinajstić information content (AvgIpc) is 2.62. The van der Waals surface area contributed by atoms with Crippen molar-refractivity contribution in [3.05, 3.63) is 54.4 Å². The lowest BCUT2D eigenvalue weighted by atomic mass is 9.64. The highest BCUT2D eigenvalue weighted by atomic mass is 16.5. The first-order valence-electron chi connectivity index (χ1n) is 8.26. The molecule has 2 aliphatic heterocycles. The topological polar surface area (TPSA) is 67.4 Å². The summed E-state index contributed by atoms with van der Waals surface area (Å²) < 4.78 is 5.54. The molecule has 2 fully saturated rings. The highest BCUT2D eigenvalue weighted by molar-refractivity contribution is 5.88. The fourth-order valence-electron chi connectivity index (χ4n) is 3.83. The lowest BCUT2D eigenvalue weighted by Crippen LogP contribution is -2.63. The summed E-state index contributed by atoms with van der Waals surface area (Å²) in [6.45, 7) is 2.27. The summed E-state index contributed by atoms with van der Waals surface area (Å²) in [6.07, 6.45) is 5.21. The van der Waals surface area contributed by atoms with E-state index >= 15 is 0 Å². The molecule has 1 N–H and O–H groups in total. The van der Waals surface area contributed by atoms with E-state index in [1.54, 1.807) is 18.5 Å². The average molecular weight is 324 g/mol. The van der Waals surface area contributed by atoms with E-state index in [1.165, 1.54) is 5.56 Å². The van der Waals surface area contributed by atoms with Gasteiger partial charge in [-0.3, -0.25) is 5.32 Å². The van der Waals surface area contributed by atoms with E-state index in [4.69, 9.17) is 4.74 Å². The predicted molar refractivity (Wildman–Crippen MR) is 89.4 cm³/mol. The van der Waals surface area contributed by atoms with Crippen molar-refractivity contribution in [2.45, 2.75) is 18.9 Å². The van der Waals surface area contributed by atoms with Gasteiger partial charge < -0.3 is 9.64 Å². The van der Waals surface area contributed by atoms with Crippen LogP contribution in [0.1, 0.15) is 24.4 Å². The molecular weight excluding hydrogens is 304 g/mol. The van der Waals surface area contributed by atoms with E-state index in [0.29, 0.717) is 5.95 Å². The zero-order valence-corrected chi connectivity index (χ0v) is 13.4. The summed E-state index contributed by atoms with van der Waals surface area (Å²) in [5.41, 5.74) is 1.30. The van der Waals surface area contributed by atoms with Crippen LogP contribution in [0.25, 0.3) is 0 Å². The minimum Gasteiger partial charge on any atom is -0.381 e. The molecule has 6 heteroatoms. The predicted octanol–water partition coefficient (Wildman–Crippen LogP) is 2.86. The van der Waals surface area contributed by atoms with Gasteiger partial charge in [-0.05, 0) is 24.5 Å². The van der Waals surface area contributed by atoms with Crippen molar-refractivity contribution in [2.24, 2.45) is 5.41 Å². The van der Waals surface area contributed by atoms with Gasteiger partial charge in [0.2, 0.25) is 5.95 Å². The van der Waals surface area contributed by atoms with E-state index in [0.717, 1.165) is 32.6 Å². The number of nitrogens with one attached hydrogen (secondary N) is 1. The van der Waals surface area contributed by atoms with Gasteiger partial charge in [-0.25, -0.2) is 14.8 Å². The number of anilines is 1. The third kappa shape index (κ3) is 2.63. The molecule has 1 unspecified atom stereocenters. The van der Waals surface area contributed by atoms with Crippen molar-refractivity contribution < 1.29 is 9.53 Å². The summed E-state index contributed by atoms with van der Waals surface area (Å²) in [5.74, 6) is 0.335. The van der Waals surface area contributed by atoms with Gasteiger partial charge in [0.05, 0.1) is 6.04 Å². The second-order valence-corrected chi connectivity index (χ2v) is 6.42. The van der Waals surface area contributed by atoms with Crippen LogP contribution in [-0.2, 0) is 4.74 Å². The van der Waals surface area contributed by atoms with Crippen LogP contribution >= 0.6 is 0 Å². The van der Waals surface area contributed by atoms with Gasteiger partial charge in [0.25, 0.3) is 0 Å². The van der Waals surface area contributed by atoms with Crippen LogP contribution in [0.3, 0.4) is 0 Å². The molecule has 2 amide bonds. The van der Waals surface area contributed by atoms with Crippen molar-refractivity contribution in [3.8, 4) is 0 Å². The molecule has 1 aromatic heterocycles. The Bertz CT molecular complexity index is 701. The van der Waals surface area contributed by atoms with Gasteiger partial charge in [0, 0.05) is 37.6 Å². The molecule has 1 atom stereocenters. The molecule has 0 saturated carbocycles. The number of benzene rings is 1. The van der Waals surface area contributed by atoms with E-state index in [-0.39, 0.29) is 17.5 Å². The first kappa shape index (κ1) is 15.1. The van der Waals surface area contributed by atoms with Gasteiger partial charge in [-0.2, -0.15) is 0 Å². The van der Waals surface area contributed by atoms with Crippen molar-refractivity contribution in [2.75, 3.05) is 25.1 Å². The summed E-state index contributed by atoms with van der Waals surface area (Å²) in [5, 5.41) is 2.80. The summed E-state index contributed by atoms with van der Waals surface area (Å²) in [7, 11) is 0. The van der Waals surface area contributed by atoms with Crippen molar-refractivity contribution in [1.29, 1.82) is 0 Å². The quantitative estimate of drug-likeness (QED) is 0.922. The number of amides is 2. The van der Waals surface area contributed by atoms with E-state index in [9.17, 15) is 4.79 Å². The molecule has 1 spiro atoms. The fraction of sp³-hybridized carbons (Fsp3) is 0.389. The Morgan fingerprint density at radius 2 is 1.83 bits per heavy atom. The maximum Gasteiger partial charge on any atom is 0.324 e. The number of likely N-dealkylation sites (tertiary alicyclic amines) is 1. The summed E-state index contributed by atoms with van der Waals surface area (Å²) >= 11 is 0. The molecule has 6 nitrogen and oxygen atoms in total. The molecule has 2 aromatic rings. The van der Waals surface area contributed by atoms with Crippen LogP contribution in [0.4, 0.5) is 10.7 Å². The van der Waals surface area contributed by atoms with Crippen LogP contribution in [0, 0.1) is 5.41 Å². The van der Waals surface area contributed by atoms with Gasteiger partial charge in [0.15, 0.2) is 0 Å². The van der Waals surface area contributed by atoms with E-state index in [2.05, 4.69) is 27.4 Å². The van der Waals surface area contributed by atoms with E-state index < -0.39 is 0 Å². The lowest BCUT2D eigenvalue weighted by Gasteiger charge is -2.59. The molecule has 1 aromatic carbocycles. The molecule has 24 heavy (non-hydrogen) atoms. The number of ether oxygens (including phenoxy) is 1. The lowest BCUT2D eigenvalue weighted by molar-refractivity contribution is -0.109. The van der Waals surface area contributed by atoms with Crippen molar-refractivity contribution in [1.82, 2.24) is 14.9 Å². The van der Waals surface area contributed by atoms with E-state index in [1.807, 2.05) is 23.1 Å². The fourth-order valence-corrected chi connectivity index (χ4v) is 3.83. The normalized spacial score (nSPS) is 22.0. The zero-order valence-electron chi connectivity index (χ0n) is 13.4. The molecule has 0 bridgehead atoms. The Balaban J connectivity index is 1.57. The van der Waals surface area contributed by atoms with Crippen LogP contribution in [0.5, 0.6) is 0 Å². The SMILES string of the molecule is O=C(Nc1ncccn1)N1CC2(CCOCC2)C1c1ccccc1. The van der Waals surface area contributed by atoms with Crippen molar-refractivity contribution >= 4 is 12.0 Å². The maximum atomic E-state index is 12.7. The van der Waals surface area contributed by atoms with Crippen LogP contribution in [0.2, 0.25) is 0 Å². The molecule has 4 rings (SSSR count). The second kappa shape index (κ2) is 6.20. The minimum absolute atomic E-state index is 0.0753. The summed E-state index contributed by atoms with van der Waals surface area (Å²) in [4.78, 5) is 22.7. The summed E-state index contributed by atoms with van der Waals surface area (Å²) in [6, 6.07) is 11.9. The molecule has 2 aliphatic rings. The minimum atomic E-state index is -0.146. The first-order valence-corrected chi connectivity index (χ1v) is 8.26. The second-order valence-electron chi connectivity index (χ2n) is 6.42. The molecular formula is C18H20N4O2.